The second-order valence-corrected chi connectivity index (χ2v) is 12.1. The van der Waals surface area contributed by atoms with Crippen molar-refractivity contribution >= 4 is 43.6 Å². The van der Waals surface area contributed by atoms with Gasteiger partial charge >= 0.3 is 0 Å². The molecule has 2 heteroatoms. The Hall–Kier alpha value is -5.86. The van der Waals surface area contributed by atoms with Crippen molar-refractivity contribution in [2.45, 2.75) is 6.42 Å². The molecular weight excluding hydrogens is 544 g/mol. The van der Waals surface area contributed by atoms with E-state index in [2.05, 4.69) is 167 Å². The lowest BCUT2D eigenvalue weighted by atomic mass is 10.0. The summed E-state index contributed by atoms with van der Waals surface area (Å²) in [7, 11) is 0. The van der Waals surface area contributed by atoms with Crippen molar-refractivity contribution in [2.75, 3.05) is 0 Å². The van der Waals surface area contributed by atoms with Gasteiger partial charge in [-0.1, -0.05) is 109 Å². The SMILES string of the molecule is c1ccc(-n2c3ccccc3c3ccc(-c4ccc5c(c4)c4ccccc4n5-c4cccc5c4Cc4ccccc4-5)cc32)cc1. The third-order valence-corrected chi connectivity index (χ3v) is 9.76. The summed E-state index contributed by atoms with van der Waals surface area (Å²) in [6.07, 6.45) is 0.962. The van der Waals surface area contributed by atoms with Crippen LogP contribution in [-0.4, -0.2) is 9.13 Å². The van der Waals surface area contributed by atoms with Gasteiger partial charge in [0.05, 0.1) is 27.8 Å². The lowest BCUT2D eigenvalue weighted by Gasteiger charge is -2.13. The van der Waals surface area contributed by atoms with Crippen LogP contribution < -0.4 is 0 Å². The Labute approximate surface area is 261 Å². The van der Waals surface area contributed by atoms with Crippen LogP contribution in [-0.2, 0) is 6.42 Å². The minimum absolute atomic E-state index is 0.962. The van der Waals surface area contributed by atoms with Crippen molar-refractivity contribution in [1.82, 2.24) is 9.13 Å². The maximum atomic E-state index is 2.48. The average Bonchev–Trinajstić information content (AvgIpc) is 3.76. The van der Waals surface area contributed by atoms with Crippen LogP contribution in [0.1, 0.15) is 11.1 Å². The molecule has 9 aromatic rings. The second-order valence-electron chi connectivity index (χ2n) is 12.1. The first-order valence-corrected chi connectivity index (χ1v) is 15.7. The van der Waals surface area contributed by atoms with Gasteiger partial charge in [0.2, 0.25) is 0 Å². The van der Waals surface area contributed by atoms with E-state index in [0.29, 0.717) is 0 Å². The molecule has 2 aromatic heterocycles. The summed E-state index contributed by atoms with van der Waals surface area (Å²) in [6, 6.07) is 57.9. The summed E-state index contributed by atoms with van der Waals surface area (Å²) in [5, 5.41) is 5.11. The number of aromatic nitrogens is 2. The van der Waals surface area contributed by atoms with E-state index in [1.807, 2.05) is 0 Å². The maximum absolute atomic E-state index is 2.48. The highest BCUT2D eigenvalue weighted by atomic mass is 15.0. The number of hydrogen-bond donors (Lipinski definition) is 0. The van der Waals surface area contributed by atoms with Gasteiger partial charge in [0, 0.05) is 33.7 Å². The molecule has 0 spiro atoms. The van der Waals surface area contributed by atoms with Gasteiger partial charge < -0.3 is 9.13 Å². The minimum atomic E-state index is 0.962. The van der Waals surface area contributed by atoms with Gasteiger partial charge in [-0.3, -0.25) is 0 Å². The van der Waals surface area contributed by atoms with Crippen molar-refractivity contribution in [1.29, 1.82) is 0 Å². The Morgan fingerprint density at radius 3 is 1.87 bits per heavy atom. The topological polar surface area (TPSA) is 9.86 Å². The lowest BCUT2D eigenvalue weighted by Crippen LogP contribution is -1.99. The number of hydrogen-bond acceptors (Lipinski definition) is 0. The standard InChI is InChI=1S/C43H28N2/c1-2-12-31(13-3-1)44-39-18-8-6-15-34(39)36-23-21-29(27-43(36)44)28-22-24-42-38(25-28)35-16-7-9-19-40(35)45(42)41-20-10-17-33-32-14-5-4-11-30(32)26-37(33)41/h1-25,27H,26H2. The first-order valence-electron chi connectivity index (χ1n) is 15.7. The third kappa shape index (κ3) is 3.51. The molecule has 0 radical (unpaired) electrons. The van der Waals surface area contributed by atoms with Crippen LogP contribution >= 0.6 is 0 Å². The molecule has 1 aliphatic carbocycles. The summed E-state index contributed by atoms with van der Waals surface area (Å²) in [5.74, 6) is 0. The molecule has 45 heavy (non-hydrogen) atoms. The fourth-order valence-electron chi connectivity index (χ4n) is 7.77. The smallest absolute Gasteiger partial charge is 0.0547 e. The molecule has 210 valence electrons. The average molecular weight is 573 g/mol. The zero-order valence-corrected chi connectivity index (χ0v) is 24.6. The van der Waals surface area contributed by atoms with Gasteiger partial charge in [-0.05, 0) is 81.9 Å². The quantitative estimate of drug-likeness (QED) is 0.199. The van der Waals surface area contributed by atoms with Crippen molar-refractivity contribution in [3.8, 4) is 33.6 Å². The zero-order chi connectivity index (χ0) is 29.5. The van der Waals surface area contributed by atoms with Crippen molar-refractivity contribution in [2.24, 2.45) is 0 Å². The third-order valence-electron chi connectivity index (χ3n) is 9.76. The molecule has 0 bridgehead atoms. The van der Waals surface area contributed by atoms with Gasteiger partial charge in [-0.15, -0.1) is 0 Å². The Kier molecular flexibility index (Phi) is 5.09. The molecule has 0 amide bonds. The van der Waals surface area contributed by atoms with Crippen molar-refractivity contribution < 1.29 is 0 Å². The van der Waals surface area contributed by atoms with E-state index in [4.69, 9.17) is 0 Å². The molecule has 2 heterocycles. The number of fused-ring (bicyclic) bond motifs is 9. The van der Waals surface area contributed by atoms with E-state index in [1.165, 1.54) is 88.4 Å². The van der Waals surface area contributed by atoms with E-state index < -0.39 is 0 Å². The van der Waals surface area contributed by atoms with E-state index >= 15 is 0 Å². The van der Waals surface area contributed by atoms with Crippen LogP contribution in [0.3, 0.4) is 0 Å². The number of para-hydroxylation sites is 3. The highest BCUT2D eigenvalue weighted by Crippen LogP contribution is 2.43. The van der Waals surface area contributed by atoms with Gasteiger partial charge in [-0.25, -0.2) is 0 Å². The van der Waals surface area contributed by atoms with Gasteiger partial charge in [0.1, 0.15) is 0 Å². The molecule has 0 N–H and O–H groups in total. The Morgan fingerprint density at radius 1 is 0.378 bits per heavy atom. The maximum Gasteiger partial charge on any atom is 0.0547 e. The van der Waals surface area contributed by atoms with Crippen LogP contribution in [0.5, 0.6) is 0 Å². The Morgan fingerprint density at radius 2 is 1.00 bits per heavy atom. The highest BCUT2D eigenvalue weighted by Gasteiger charge is 2.23. The highest BCUT2D eigenvalue weighted by molar-refractivity contribution is 6.12. The van der Waals surface area contributed by atoms with Crippen LogP contribution in [0.25, 0.3) is 77.2 Å². The molecule has 10 rings (SSSR count). The lowest BCUT2D eigenvalue weighted by molar-refractivity contribution is 1.12. The molecular formula is C43H28N2. The van der Waals surface area contributed by atoms with Crippen LogP contribution in [0.15, 0.2) is 158 Å². The molecule has 0 fully saturated rings. The largest absolute Gasteiger partial charge is 0.309 e. The summed E-state index contributed by atoms with van der Waals surface area (Å²) in [6.45, 7) is 0. The molecule has 0 atom stereocenters. The van der Waals surface area contributed by atoms with Crippen LogP contribution in [0.2, 0.25) is 0 Å². The van der Waals surface area contributed by atoms with E-state index in [0.717, 1.165) is 6.42 Å². The molecule has 1 aliphatic rings. The zero-order valence-electron chi connectivity index (χ0n) is 24.6. The summed E-state index contributed by atoms with van der Waals surface area (Å²) in [5.41, 5.74) is 15.4. The predicted molar refractivity (Wildman–Crippen MR) is 189 cm³/mol. The molecule has 0 aliphatic heterocycles. The monoisotopic (exact) mass is 572 g/mol. The van der Waals surface area contributed by atoms with Gasteiger partial charge in [0.15, 0.2) is 0 Å². The predicted octanol–water partition coefficient (Wildman–Crippen LogP) is 11.1. The fraction of sp³-hybridized carbons (Fsp3) is 0.0233. The van der Waals surface area contributed by atoms with E-state index in [-0.39, 0.29) is 0 Å². The van der Waals surface area contributed by atoms with E-state index in [1.54, 1.807) is 0 Å². The number of nitrogens with zero attached hydrogens (tertiary/aromatic N) is 2. The minimum Gasteiger partial charge on any atom is -0.309 e. The first kappa shape index (κ1) is 24.6. The fourth-order valence-corrected chi connectivity index (χ4v) is 7.77. The molecule has 0 saturated carbocycles. The normalized spacial score (nSPS) is 12.4. The Bertz CT molecular complexity index is 2620. The van der Waals surface area contributed by atoms with Gasteiger partial charge in [0.25, 0.3) is 0 Å². The molecule has 7 aromatic carbocycles. The Balaban J connectivity index is 1.19. The van der Waals surface area contributed by atoms with Crippen molar-refractivity contribution in [3.05, 3.63) is 169 Å². The van der Waals surface area contributed by atoms with Crippen LogP contribution in [0, 0.1) is 0 Å². The first-order chi connectivity index (χ1) is 22.3. The van der Waals surface area contributed by atoms with Gasteiger partial charge in [-0.2, -0.15) is 0 Å². The second kappa shape index (κ2) is 9.32. The number of benzene rings is 7. The summed E-state index contributed by atoms with van der Waals surface area (Å²) in [4.78, 5) is 0. The molecule has 0 saturated heterocycles. The van der Waals surface area contributed by atoms with Crippen LogP contribution in [0.4, 0.5) is 0 Å². The summed E-state index contributed by atoms with van der Waals surface area (Å²) >= 11 is 0. The van der Waals surface area contributed by atoms with E-state index in [9.17, 15) is 0 Å². The summed E-state index contributed by atoms with van der Waals surface area (Å²) < 4.78 is 4.88. The van der Waals surface area contributed by atoms with Crippen molar-refractivity contribution in [3.63, 3.8) is 0 Å². The molecule has 0 unspecified atom stereocenters. The number of rotatable bonds is 3. The molecule has 2 nitrogen and oxygen atoms in total.